The van der Waals surface area contributed by atoms with Crippen molar-refractivity contribution in [2.45, 2.75) is 32.1 Å². The lowest BCUT2D eigenvalue weighted by Crippen LogP contribution is -2.44. The van der Waals surface area contributed by atoms with Gasteiger partial charge in [-0.1, -0.05) is 18.2 Å². The number of likely N-dealkylation sites (tertiary alicyclic amines) is 1. The van der Waals surface area contributed by atoms with Gasteiger partial charge >= 0.3 is 5.97 Å². The minimum atomic E-state index is -0.848. The Morgan fingerprint density at radius 1 is 1.15 bits per heavy atom. The molecule has 0 saturated carbocycles. The molecule has 2 amide bonds. The molecule has 1 N–H and O–H groups in total. The number of ether oxygens (including phenoxy) is 1. The van der Waals surface area contributed by atoms with Gasteiger partial charge in [0.1, 0.15) is 5.75 Å². The van der Waals surface area contributed by atoms with Gasteiger partial charge in [-0.25, -0.2) is 0 Å². The van der Waals surface area contributed by atoms with E-state index in [-0.39, 0.29) is 24.2 Å². The maximum absolute atomic E-state index is 12.4. The molecular weight excluding hydrogens is 348 g/mol. The number of carbonyl (C=O) groups excluding carboxylic acids is 2. The highest BCUT2D eigenvalue weighted by atomic mass is 16.5. The molecule has 0 radical (unpaired) electrons. The second kappa shape index (κ2) is 10.5. The van der Waals surface area contributed by atoms with Crippen LogP contribution in [0.5, 0.6) is 5.75 Å². The largest absolute Gasteiger partial charge is 0.493 e. The van der Waals surface area contributed by atoms with Crippen molar-refractivity contribution in [2.24, 2.45) is 5.92 Å². The number of carbonyl (C=O) groups is 3. The van der Waals surface area contributed by atoms with Crippen LogP contribution in [-0.4, -0.2) is 66.0 Å². The number of carboxylic acid groups (broad SMARTS) is 1. The van der Waals surface area contributed by atoms with E-state index in [9.17, 15) is 14.4 Å². The SMILES string of the molecule is CN(CCCC(=O)O)C(=O)C1CCN(C(=O)CCOc2ccccc2)CC1. The Balaban J connectivity index is 1.67. The molecule has 0 aliphatic carbocycles. The molecule has 1 saturated heterocycles. The van der Waals surface area contributed by atoms with Gasteiger partial charge in [0.2, 0.25) is 11.8 Å². The lowest BCUT2D eigenvalue weighted by molar-refractivity contribution is -0.140. The van der Waals surface area contributed by atoms with Crippen LogP contribution in [0.2, 0.25) is 0 Å². The van der Waals surface area contributed by atoms with Crippen LogP contribution < -0.4 is 4.74 Å². The number of carboxylic acids is 1. The maximum atomic E-state index is 12.4. The first-order valence-corrected chi connectivity index (χ1v) is 9.39. The molecule has 7 heteroatoms. The summed E-state index contributed by atoms with van der Waals surface area (Å²) in [6.07, 6.45) is 2.13. The first kappa shape index (κ1) is 20.7. The molecule has 2 rings (SSSR count). The molecule has 0 aromatic heterocycles. The van der Waals surface area contributed by atoms with Gasteiger partial charge in [-0.2, -0.15) is 0 Å². The molecular formula is C20H28N2O5. The van der Waals surface area contributed by atoms with E-state index in [1.165, 1.54) is 0 Å². The van der Waals surface area contributed by atoms with Crippen LogP contribution in [-0.2, 0) is 14.4 Å². The fourth-order valence-corrected chi connectivity index (χ4v) is 3.20. The van der Waals surface area contributed by atoms with Crippen molar-refractivity contribution in [1.29, 1.82) is 0 Å². The standard InChI is InChI=1S/C20H28N2O5/c1-21(12-5-8-19(24)25)20(26)16-9-13-22(14-10-16)18(23)11-15-27-17-6-3-2-4-7-17/h2-4,6-7,16H,5,8-15H2,1H3,(H,24,25). The zero-order valence-corrected chi connectivity index (χ0v) is 15.8. The van der Waals surface area contributed by atoms with E-state index in [2.05, 4.69) is 0 Å². The Kier molecular flexibility index (Phi) is 8.10. The highest BCUT2D eigenvalue weighted by molar-refractivity contribution is 5.80. The van der Waals surface area contributed by atoms with E-state index in [0.29, 0.717) is 51.9 Å². The zero-order valence-electron chi connectivity index (χ0n) is 15.8. The number of nitrogens with zero attached hydrogens (tertiary/aromatic N) is 2. The van der Waals surface area contributed by atoms with Gasteiger partial charge in [-0.15, -0.1) is 0 Å². The third kappa shape index (κ3) is 6.92. The van der Waals surface area contributed by atoms with Gasteiger partial charge in [-0.05, 0) is 31.4 Å². The van der Waals surface area contributed by atoms with Crippen molar-refractivity contribution in [2.75, 3.05) is 33.3 Å². The van der Waals surface area contributed by atoms with Gasteiger partial charge in [0.25, 0.3) is 0 Å². The molecule has 0 unspecified atom stereocenters. The lowest BCUT2D eigenvalue weighted by Gasteiger charge is -2.33. The summed E-state index contributed by atoms with van der Waals surface area (Å²) in [6.45, 7) is 1.93. The number of piperidine rings is 1. The average Bonchev–Trinajstić information content (AvgIpc) is 2.68. The molecule has 148 valence electrons. The van der Waals surface area contributed by atoms with Crippen molar-refractivity contribution < 1.29 is 24.2 Å². The molecule has 1 aromatic rings. The van der Waals surface area contributed by atoms with Crippen LogP contribution in [0.15, 0.2) is 30.3 Å². The number of benzene rings is 1. The lowest BCUT2D eigenvalue weighted by atomic mass is 9.95. The highest BCUT2D eigenvalue weighted by Crippen LogP contribution is 2.20. The molecule has 1 fully saturated rings. The first-order valence-electron chi connectivity index (χ1n) is 9.39. The summed E-state index contributed by atoms with van der Waals surface area (Å²) in [6, 6.07) is 9.39. The van der Waals surface area contributed by atoms with Crippen LogP contribution >= 0.6 is 0 Å². The summed E-state index contributed by atoms with van der Waals surface area (Å²) < 4.78 is 5.56. The molecule has 27 heavy (non-hydrogen) atoms. The normalized spacial score (nSPS) is 14.6. The van der Waals surface area contributed by atoms with Gasteiger partial charge in [0, 0.05) is 39.0 Å². The summed E-state index contributed by atoms with van der Waals surface area (Å²) in [5, 5.41) is 8.67. The van der Waals surface area contributed by atoms with Crippen molar-refractivity contribution >= 4 is 17.8 Å². The smallest absolute Gasteiger partial charge is 0.303 e. The Morgan fingerprint density at radius 2 is 1.81 bits per heavy atom. The molecule has 0 bridgehead atoms. The van der Waals surface area contributed by atoms with Crippen LogP contribution in [0.3, 0.4) is 0 Å². The third-order valence-corrected chi connectivity index (χ3v) is 4.79. The van der Waals surface area contributed by atoms with Crippen molar-refractivity contribution in [3.8, 4) is 5.75 Å². The zero-order chi connectivity index (χ0) is 19.6. The molecule has 0 atom stereocenters. The molecule has 1 aromatic carbocycles. The highest BCUT2D eigenvalue weighted by Gasteiger charge is 2.28. The average molecular weight is 376 g/mol. The van der Waals surface area contributed by atoms with Crippen molar-refractivity contribution in [1.82, 2.24) is 9.80 Å². The summed E-state index contributed by atoms with van der Waals surface area (Å²) in [7, 11) is 1.71. The van der Waals surface area contributed by atoms with E-state index in [4.69, 9.17) is 9.84 Å². The summed E-state index contributed by atoms with van der Waals surface area (Å²) >= 11 is 0. The molecule has 1 heterocycles. The Hall–Kier alpha value is -2.57. The number of rotatable bonds is 9. The van der Waals surface area contributed by atoms with Crippen LogP contribution in [0.25, 0.3) is 0 Å². The van der Waals surface area contributed by atoms with Crippen LogP contribution in [0.4, 0.5) is 0 Å². The van der Waals surface area contributed by atoms with Crippen molar-refractivity contribution in [3.63, 3.8) is 0 Å². The Labute approximate surface area is 159 Å². The van der Waals surface area contributed by atoms with Crippen LogP contribution in [0, 0.1) is 5.92 Å². The molecule has 0 spiro atoms. The van der Waals surface area contributed by atoms with Gasteiger partial charge in [-0.3, -0.25) is 14.4 Å². The molecule has 1 aliphatic rings. The summed E-state index contributed by atoms with van der Waals surface area (Å²) in [4.78, 5) is 38.7. The number of aliphatic carboxylic acids is 1. The Bertz CT molecular complexity index is 627. The maximum Gasteiger partial charge on any atom is 0.303 e. The third-order valence-electron chi connectivity index (χ3n) is 4.79. The van der Waals surface area contributed by atoms with E-state index >= 15 is 0 Å². The van der Waals surface area contributed by atoms with E-state index in [0.717, 1.165) is 5.75 Å². The monoisotopic (exact) mass is 376 g/mol. The summed E-state index contributed by atoms with van der Waals surface area (Å²) in [5.41, 5.74) is 0. The fourth-order valence-electron chi connectivity index (χ4n) is 3.20. The number of para-hydroxylation sites is 1. The molecule has 7 nitrogen and oxygen atoms in total. The molecule has 1 aliphatic heterocycles. The van der Waals surface area contributed by atoms with E-state index < -0.39 is 5.97 Å². The first-order chi connectivity index (χ1) is 13.0. The van der Waals surface area contributed by atoms with Crippen LogP contribution in [0.1, 0.15) is 32.1 Å². The predicted octanol–water partition coefficient (Wildman–Crippen LogP) is 2.02. The fraction of sp³-hybridized carbons (Fsp3) is 0.550. The van der Waals surface area contributed by atoms with Gasteiger partial charge in [0.05, 0.1) is 13.0 Å². The quantitative estimate of drug-likeness (QED) is 0.712. The number of hydrogen-bond donors (Lipinski definition) is 1. The second-order valence-electron chi connectivity index (χ2n) is 6.82. The number of amides is 2. The minimum absolute atomic E-state index is 0.0416. The van der Waals surface area contributed by atoms with Crippen molar-refractivity contribution in [3.05, 3.63) is 30.3 Å². The second-order valence-corrected chi connectivity index (χ2v) is 6.82. The van der Waals surface area contributed by atoms with E-state index in [1.54, 1.807) is 16.8 Å². The van der Waals surface area contributed by atoms with Gasteiger partial charge < -0.3 is 19.6 Å². The summed E-state index contributed by atoms with van der Waals surface area (Å²) in [5.74, 6) is -0.101. The Morgan fingerprint density at radius 3 is 2.44 bits per heavy atom. The number of hydrogen-bond acceptors (Lipinski definition) is 4. The minimum Gasteiger partial charge on any atom is -0.493 e. The predicted molar refractivity (Wildman–Crippen MR) is 100 cm³/mol. The van der Waals surface area contributed by atoms with Gasteiger partial charge in [0.15, 0.2) is 0 Å². The van der Waals surface area contributed by atoms with E-state index in [1.807, 2.05) is 30.3 Å². The topological polar surface area (TPSA) is 87.2 Å².